The molecule has 0 radical (unpaired) electrons. The zero-order chi connectivity index (χ0) is 17.7. The van der Waals surface area contributed by atoms with Crippen molar-refractivity contribution in [2.45, 2.75) is 20.3 Å². The van der Waals surface area contributed by atoms with E-state index < -0.39 is 15.5 Å². The highest BCUT2D eigenvalue weighted by atomic mass is 32.1. The van der Waals surface area contributed by atoms with Crippen LogP contribution >= 0.6 is 11.3 Å². The molecule has 1 aromatic heterocycles. The maximum Gasteiger partial charge on any atom is 0.310 e. The monoisotopic (exact) mass is 347 g/mol. The maximum absolute atomic E-state index is 12.1. The molecule has 2 aromatic rings. The minimum absolute atomic E-state index is 0.116. The van der Waals surface area contributed by atoms with E-state index in [1.54, 1.807) is 6.92 Å². The lowest BCUT2D eigenvalue weighted by atomic mass is 10.0. The Bertz CT molecular complexity index is 871. The molecule has 1 aromatic carbocycles. The standard InChI is InChI=1S/C16H17N3O4S/c1-9(8-11-6-4-3-5-7-11)13(20)19-18-10(2)12-14(21)17-16(23)24-15(12)22/h3-7,9,22H,8H2,1-2H3,(H,19,20)(H,17,21,23). The zero-order valence-corrected chi connectivity index (χ0v) is 14.0. The number of carbonyl (C=O) groups is 1. The van der Waals surface area contributed by atoms with E-state index in [2.05, 4.69) is 15.5 Å². The molecule has 0 aliphatic heterocycles. The van der Waals surface area contributed by atoms with Crippen LogP contribution in [-0.2, 0) is 11.2 Å². The van der Waals surface area contributed by atoms with Crippen molar-refractivity contribution in [2.75, 3.05) is 0 Å². The molecule has 0 aliphatic carbocycles. The molecule has 126 valence electrons. The summed E-state index contributed by atoms with van der Waals surface area (Å²) in [7, 11) is 0. The molecule has 0 saturated carbocycles. The van der Waals surface area contributed by atoms with Gasteiger partial charge in [-0.1, -0.05) is 37.3 Å². The minimum Gasteiger partial charge on any atom is -0.499 e. The number of hydrazone groups is 1. The molecule has 1 heterocycles. The third-order valence-electron chi connectivity index (χ3n) is 3.37. The van der Waals surface area contributed by atoms with E-state index in [9.17, 15) is 19.5 Å². The lowest BCUT2D eigenvalue weighted by Crippen LogP contribution is -2.29. The Labute approximate surface area is 141 Å². The van der Waals surface area contributed by atoms with Crippen molar-refractivity contribution in [1.82, 2.24) is 10.4 Å². The number of amides is 1. The molecule has 1 atom stereocenters. The van der Waals surface area contributed by atoms with Crippen LogP contribution in [-0.4, -0.2) is 21.7 Å². The van der Waals surface area contributed by atoms with E-state index in [-0.39, 0.29) is 23.1 Å². The molecule has 0 spiro atoms. The molecule has 0 saturated heterocycles. The molecule has 7 nitrogen and oxygen atoms in total. The quantitative estimate of drug-likeness (QED) is 0.558. The van der Waals surface area contributed by atoms with Crippen LogP contribution in [0.1, 0.15) is 25.0 Å². The van der Waals surface area contributed by atoms with Gasteiger partial charge >= 0.3 is 4.87 Å². The number of aromatic nitrogens is 1. The second kappa shape index (κ2) is 7.69. The third-order valence-corrected chi connectivity index (χ3v) is 4.06. The summed E-state index contributed by atoms with van der Waals surface area (Å²) in [5, 5.41) is 13.1. The number of hydrogen-bond donors (Lipinski definition) is 3. The van der Waals surface area contributed by atoms with Gasteiger partial charge in [-0.25, -0.2) is 5.43 Å². The van der Waals surface area contributed by atoms with Gasteiger partial charge in [-0.05, 0) is 30.2 Å². The van der Waals surface area contributed by atoms with Crippen molar-refractivity contribution in [3.8, 4) is 5.06 Å². The van der Waals surface area contributed by atoms with Crippen molar-refractivity contribution in [3.05, 3.63) is 61.5 Å². The Kier molecular flexibility index (Phi) is 5.64. The second-order valence-corrected chi connectivity index (χ2v) is 6.25. The molecule has 2 rings (SSSR count). The van der Waals surface area contributed by atoms with E-state index in [0.29, 0.717) is 17.8 Å². The number of aromatic amines is 1. The van der Waals surface area contributed by atoms with Crippen LogP contribution in [0.3, 0.4) is 0 Å². The van der Waals surface area contributed by atoms with Crippen molar-refractivity contribution in [2.24, 2.45) is 11.0 Å². The van der Waals surface area contributed by atoms with Crippen LogP contribution in [0, 0.1) is 5.92 Å². The zero-order valence-electron chi connectivity index (χ0n) is 13.2. The highest BCUT2D eigenvalue weighted by Crippen LogP contribution is 2.15. The SMILES string of the molecule is CC(=NNC(=O)C(C)Cc1ccccc1)c1c(O)sc(=O)[nH]c1=O. The fourth-order valence-electron chi connectivity index (χ4n) is 2.10. The van der Waals surface area contributed by atoms with Gasteiger partial charge in [-0.2, -0.15) is 5.10 Å². The summed E-state index contributed by atoms with van der Waals surface area (Å²) in [6.07, 6.45) is 0.556. The van der Waals surface area contributed by atoms with Gasteiger partial charge in [-0.15, -0.1) is 0 Å². The van der Waals surface area contributed by atoms with Crippen molar-refractivity contribution in [1.29, 1.82) is 0 Å². The van der Waals surface area contributed by atoms with E-state index in [1.807, 2.05) is 30.3 Å². The molecule has 0 bridgehead atoms. The summed E-state index contributed by atoms with van der Waals surface area (Å²) < 4.78 is 0. The molecule has 3 N–H and O–H groups in total. The van der Waals surface area contributed by atoms with Gasteiger partial charge in [0.15, 0.2) is 5.06 Å². The maximum atomic E-state index is 12.1. The van der Waals surface area contributed by atoms with Gasteiger partial charge in [0.05, 0.1) is 5.71 Å². The van der Waals surface area contributed by atoms with E-state index in [1.165, 1.54) is 6.92 Å². The Morgan fingerprint density at radius 3 is 2.62 bits per heavy atom. The molecular formula is C16H17N3O4S. The Morgan fingerprint density at radius 2 is 2.00 bits per heavy atom. The van der Waals surface area contributed by atoms with E-state index in [0.717, 1.165) is 5.56 Å². The highest BCUT2D eigenvalue weighted by Gasteiger charge is 2.15. The number of nitrogens with zero attached hydrogens (tertiary/aromatic N) is 1. The highest BCUT2D eigenvalue weighted by molar-refractivity contribution is 7.11. The smallest absolute Gasteiger partial charge is 0.310 e. The molecule has 24 heavy (non-hydrogen) atoms. The van der Waals surface area contributed by atoms with Crippen LogP contribution in [0.2, 0.25) is 0 Å². The summed E-state index contributed by atoms with van der Waals surface area (Å²) in [4.78, 5) is 36.3. The Balaban J connectivity index is 2.08. The van der Waals surface area contributed by atoms with Gasteiger partial charge in [0.2, 0.25) is 5.91 Å². The lowest BCUT2D eigenvalue weighted by molar-refractivity contribution is -0.124. The van der Waals surface area contributed by atoms with Crippen LogP contribution < -0.4 is 15.9 Å². The molecule has 8 heteroatoms. The summed E-state index contributed by atoms with van der Waals surface area (Å²) in [5.41, 5.74) is 2.65. The summed E-state index contributed by atoms with van der Waals surface area (Å²) in [5.74, 6) is -0.624. The van der Waals surface area contributed by atoms with Gasteiger partial charge in [0.1, 0.15) is 5.56 Å². The summed E-state index contributed by atoms with van der Waals surface area (Å²) >= 11 is 0.495. The number of benzene rings is 1. The third kappa shape index (κ3) is 4.39. The summed E-state index contributed by atoms with van der Waals surface area (Å²) in [6, 6.07) is 9.57. The topological polar surface area (TPSA) is 112 Å². The van der Waals surface area contributed by atoms with Crippen LogP contribution in [0.25, 0.3) is 0 Å². The first-order valence-corrected chi connectivity index (χ1v) is 8.05. The molecule has 1 unspecified atom stereocenters. The second-order valence-electron chi connectivity index (χ2n) is 5.29. The molecule has 0 aliphatic rings. The van der Waals surface area contributed by atoms with Crippen molar-refractivity contribution in [3.63, 3.8) is 0 Å². The summed E-state index contributed by atoms with van der Waals surface area (Å²) in [6.45, 7) is 3.23. The van der Waals surface area contributed by atoms with Crippen LogP contribution in [0.15, 0.2) is 45.0 Å². The van der Waals surface area contributed by atoms with Crippen molar-refractivity contribution < 1.29 is 9.90 Å². The fraction of sp³-hybridized carbons (Fsp3) is 0.250. The van der Waals surface area contributed by atoms with Gasteiger partial charge in [0.25, 0.3) is 5.56 Å². The Hall–Kier alpha value is -2.74. The number of rotatable bonds is 5. The first-order valence-electron chi connectivity index (χ1n) is 7.23. The average molecular weight is 347 g/mol. The Morgan fingerprint density at radius 1 is 1.33 bits per heavy atom. The van der Waals surface area contributed by atoms with Crippen LogP contribution in [0.5, 0.6) is 5.06 Å². The largest absolute Gasteiger partial charge is 0.499 e. The van der Waals surface area contributed by atoms with Crippen LogP contribution in [0.4, 0.5) is 0 Å². The fourth-order valence-corrected chi connectivity index (χ4v) is 2.76. The average Bonchev–Trinajstić information content (AvgIpc) is 2.52. The lowest BCUT2D eigenvalue weighted by Gasteiger charge is -2.10. The first kappa shape index (κ1) is 17.6. The van der Waals surface area contributed by atoms with Gasteiger partial charge < -0.3 is 5.11 Å². The molecule has 0 fully saturated rings. The van der Waals surface area contributed by atoms with Crippen molar-refractivity contribution >= 4 is 23.0 Å². The number of H-pyrrole nitrogens is 1. The number of hydrogen-bond acceptors (Lipinski definition) is 6. The molecule has 1 amide bonds. The molecular weight excluding hydrogens is 330 g/mol. The number of aromatic hydroxyl groups is 1. The van der Waals surface area contributed by atoms with E-state index in [4.69, 9.17) is 0 Å². The normalized spacial score (nSPS) is 12.7. The van der Waals surface area contributed by atoms with Gasteiger partial charge in [-0.3, -0.25) is 19.4 Å². The van der Waals surface area contributed by atoms with E-state index >= 15 is 0 Å². The van der Waals surface area contributed by atoms with Gasteiger partial charge in [0, 0.05) is 5.92 Å². The number of nitrogens with one attached hydrogen (secondary N) is 2. The predicted molar refractivity (Wildman–Crippen MR) is 92.5 cm³/mol. The number of carbonyl (C=O) groups excluding carboxylic acids is 1. The first-order chi connectivity index (χ1) is 11.4. The minimum atomic E-state index is -0.746. The predicted octanol–water partition coefficient (Wildman–Crippen LogP) is 1.22.